The normalized spacial score (nSPS) is 20.0. The Labute approximate surface area is 87.6 Å². The van der Waals surface area contributed by atoms with Crippen LogP contribution >= 0.6 is 0 Å². The second kappa shape index (κ2) is 4.29. The van der Waals surface area contributed by atoms with E-state index in [2.05, 4.69) is 33.8 Å². The number of Topliss-reactive ketones (excluding diaryl/α,β-unsaturated/α-hetero) is 1. The highest BCUT2D eigenvalue weighted by Crippen LogP contribution is 2.40. The SMILES string of the molecule is CC(C)CC1(CC(C)C)C=CCC1=O. The predicted molar refractivity (Wildman–Crippen MR) is 60.1 cm³/mol. The third-order valence-corrected chi connectivity index (χ3v) is 2.84. The van der Waals surface area contributed by atoms with Crippen molar-refractivity contribution in [3.8, 4) is 0 Å². The number of rotatable bonds is 4. The van der Waals surface area contributed by atoms with Crippen molar-refractivity contribution in [2.24, 2.45) is 17.3 Å². The van der Waals surface area contributed by atoms with E-state index in [1.165, 1.54) is 0 Å². The summed E-state index contributed by atoms with van der Waals surface area (Å²) in [7, 11) is 0. The van der Waals surface area contributed by atoms with Crippen LogP contribution in [-0.2, 0) is 4.79 Å². The molecular weight excluding hydrogens is 172 g/mol. The zero-order chi connectivity index (χ0) is 10.8. The van der Waals surface area contributed by atoms with Crippen LogP contribution in [0.25, 0.3) is 0 Å². The molecule has 0 bridgehead atoms. The molecule has 1 rings (SSSR count). The van der Waals surface area contributed by atoms with Crippen molar-refractivity contribution in [1.82, 2.24) is 0 Å². The van der Waals surface area contributed by atoms with E-state index in [1.54, 1.807) is 0 Å². The number of allylic oxidation sites excluding steroid dienone is 2. The zero-order valence-electron chi connectivity index (χ0n) is 9.84. The summed E-state index contributed by atoms with van der Waals surface area (Å²) in [6, 6.07) is 0. The third-order valence-electron chi connectivity index (χ3n) is 2.84. The minimum Gasteiger partial charge on any atom is -0.298 e. The summed E-state index contributed by atoms with van der Waals surface area (Å²) in [5.74, 6) is 1.63. The van der Waals surface area contributed by atoms with Crippen molar-refractivity contribution >= 4 is 5.78 Å². The minimum atomic E-state index is -0.123. The summed E-state index contributed by atoms with van der Waals surface area (Å²) in [6.45, 7) is 8.78. The maximum Gasteiger partial charge on any atom is 0.146 e. The molecule has 80 valence electrons. The van der Waals surface area contributed by atoms with Gasteiger partial charge in [0.1, 0.15) is 5.78 Å². The molecule has 0 unspecified atom stereocenters. The summed E-state index contributed by atoms with van der Waals surface area (Å²) in [6.07, 6.45) is 6.89. The lowest BCUT2D eigenvalue weighted by Gasteiger charge is -2.29. The van der Waals surface area contributed by atoms with Crippen molar-refractivity contribution in [2.75, 3.05) is 0 Å². The summed E-state index contributed by atoms with van der Waals surface area (Å²) in [5, 5.41) is 0. The lowest BCUT2D eigenvalue weighted by Crippen LogP contribution is -2.29. The second-order valence-electron chi connectivity index (χ2n) is 5.38. The minimum absolute atomic E-state index is 0.123. The number of hydrogen-bond acceptors (Lipinski definition) is 1. The van der Waals surface area contributed by atoms with Crippen LogP contribution in [0, 0.1) is 17.3 Å². The van der Waals surface area contributed by atoms with Crippen molar-refractivity contribution < 1.29 is 4.79 Å². The first-order valence-corrected chi connectivity index (χ1v) is 5.67. The van der Waals surface area contributed by atoms with Crippen LogP contribution < -0.4 is 0 Å². The molecule has 0 aliphatic heterocycles. The molecule has 14 heavy (non-hydrogen) atoms. The maximum atomic E-state index is 11.9. The molecule has 1 nitrogen and oxygen atoms in total. The summed E-state index contributed by atoms with van der Waals surface area (Å²) >= 11 is 0. The molecule has 0 radical (unpaired) electrons. The van der Waals surface area contributed by atoms with Crippen molar-refractivity contribution in [3.05, 3.63) is 12.2 Å². The highest BCUT2D eigenvalue weighted by molar-refractivity contribution is 5.90. The highest BCUT2D eigenvalue weighted by atomic mass is 16.1. The first-order valence-electron chi connectivity index (χ1n) is 5.67. The van der Waals surface area contributed by atoms with Gasteiger partial charge in [0.05, 0.1) is 0 Å². The third kappa shape index (κ3) is 2.46. The van der Waals surface area contributed by atoms with Gasteiger partial charge in [-0.15, -0.1) is 0 Å². The van der Waals surface area contributed by atoms with Gasteiger partial charge in [-0.05, 0) is 24.7 Å². The molecule has 0 atom stereocenters. The highest BCUT2D eigenvalue weighted by Gasteiger charge is 2.38. The van der Waals surface area contributed by atoms with E-state index in [0.717, 1.165) is 12.8 Å². The van der Waals surface area contributed by atoms with Crippen LogP contribution in [0.3, 0.4) is 0 Å². The lowest BCUT2D eigenvalue weighted by atomic mass is 9.73. The molecular formula is C13H22O. The van der Waals surface area contributed by atoms with E-state index < -0.39 is 0 Å². The molecule has 0 heterocycles. The topological polar surface area (TPSA) is 17.1 Å². The Morgan fingerprint density at radius 2 is 1.71 bits per heavy atom. The summed E-state index contributed by atoms with van der Waals surface area (Å²) < 4.78 is 0. The van der Waals surface area contributed by atoms with Crippen LogP contribution in [0.1, 0.15) is 47.0 Å². The standard InChI is InChI=1S/C13H22O/c1-10(2)8-13(9-11(3)4)7-5-6-12(13)14/h5,7,10-11H,6,8-9H2,1-4H3. The number of ketones is 1. The molecule has 0 amide bonds. The Morgan fingerprint density at radius 1 is 1.21 bits per heavy atom. The van der Waals surface area contributed by atoms with Crippen molar-refractivity contribution in [2.45, 2.75) is 47.0 Å². The summed E-state index contributed by atoms with van der Waals surface area (Å²) in [4.78, 5) is 11.9. The van der Waals surface area contributed by atoms with Gasteiger partial charge in [-0.3, -0.25) is 4.79 Å². The van der Waals surface area contributed by atoms with Gasteiger partial charge in [-0.2, -0.15) is 0 Å². The largest absolute Gasteiger partial charge is 0.298 e. The first-order chi connectivity index (χ1) is 6.46. The van der Waals surface area contributed by atoms with Crippen LogP contribution in [0.4, 0.5) is 0 Å². The molecule has 0 aromatic carbocycles. The van der Waals surface area contributed by atoms with E-state index in [9.17, 15) is 4.79 Å². The molecule has 0 N–H and O–H groups in total. The van der Waals surface area contributed by atoms with E-state index in [4.69, 9.17) is 0 Å². The fourth-order valence-electron chi connectivity index (χ4n) is 2.59. The Morgan fingerprint density at radius 3 is 2.00 bits per heavy atom. The molecule has 1 aliphatic rings. The number of carbonyl (C=O) groups excluding carboxylic acids is 1. The molecule has 0 saturated carbocycles. The molecule has 0 fully saturated rings. The molecule has 0 aromatic rings. The molecule has 0 saturated heterocycles. The maximum absolute atomic E-state index is 11.9. The van der Waals surface area contributed by atoms with Crippen LogP contribution in [0.15, 0.2) is 12.2 Å². The lowest BCUT2D eigenvalue weighted by molar-refractivity contribution is -0.126. The molecule has 0 aromatic heterocycles. The quantitative estimate of drug-likeness (QED) is 0.625. The van der Waals surface area contributed by atoms with E-state index in [-0.39, 0.29) is 5.41 Å². The Bertz CT molecular complexity index is 226. The molecule has 1 aliphatic carbocycles. The Hall–Kier alpha value is -0.590. The van der Waals surface area contributed by atoms with Gasteiger partial charge in [0, 0.05) is 11.8 Å². The summed E-state index contributed by atoms with van der Waals surface area (Å²) in [5.41, 5.74) is -0.123. The van der Waals surface area contributed by atoms with Gasteiger partial charge in [-0.1, -0.05) is 39.8 Å². The van der Waals surface area contributed by atoms with Gasteiger partial charge < -0.3 is 0 Å². The smallest absolute Gasteiger partial charge is 0.146 e. The van der Waals surface area contributed by atoms with Crippen molar-refractivity contribution in [3.63, 3.8) is 0 Å². The second-order valence-corrected chi connectivity index (χ2v) is 5.38. The van der Waals surface area contributed by atoms with Gasteiger partial charge in [0.25, 0.3) is 0 Å². The Balaban J connectivity index is 2.79. The first kappa shape index (κ1) is 11.5. The van der Waals surface area contributed by atoms with E-state index in [1.807, 2.05) is 6.08 Å². The molecule has 1 heteroatoms. The number of carbonyl (C=O) groups is 1. The fourth-order valence-corrected chi connectivity index (χ4v) is 2.59. The Kier molecular flexibility index (Phi) is 3.52. The predicted octanol–water partition coefficient (Wildman–Crippen LogP) is 3.59. The molecule has 0 spiro atoms. The average molecular weight is 194 g/mol. The monoisotopic (exact) mass is 194 g/mol. The van der Waals surface area contributed by atoms with Crippen LogP contribution in [-0.4, -0.2) is 5.78 Å². The fraction of sp³-hybridized carbons (Fsp3) is 0.769. The van der Waals surface area contributed by atoms with E-state index >= 15 is 0 Å². The zero-order valence-corrected chi connectivity index (χ0v) is 9.84. The van der Waals surface area contributed by atoms with Gasteiger partial charge in [0.15, 0.2) is 0 Å². The van der Waals surface area contributed by atoms with Gasteiger partial charge in [-0.25, -0.2) is 0 Å². The van der Waals surface area contributed by atoms with E-state index in [0.29, 0.717) is 24.0 Å². The van der Waals surface area contributed by atoms with Gasteiger partial charge >= 0.3 is 0 Å². The van der Waals surface area contributed by atoms with Gasteiger partial charge in [0.2, 0.25) is 0 Å². The number of hydrogen-bond donors (Lipinski definition) is 0. The average Bonchev–Trinajstić information content (AvgIpc) is 2.29. The van der Waals surface area contributed by atoms with Crippen LogP contribution in [0.2, 0.25) is 0 Å². The van der Waals surface area contributed by atoms with Crippen LogP contribution in [0.5, 0.6) is 0 Å². The van der Waals surface area contributed by atoms with Crippen molar-refractivity contribution in [1.29, 1.82) is 0 Å².